The molecule has 1 aromatic rings. The number of nitrogens with one attached hydrogen (secondary N) is 1. The predicted molar refractivity (Wildman–Crippen MR) is 82.4 cm³/mol. The van der Waals surface area contributed by atoms with E-state index in [4.69, 9.17) is 33.7 Å². The SMILES string of the molecule is CC(C)(C)OC(=O)NCC(N)Cc1cccc(Cl)c1Cl. The van der Waals surface area contributed by atoms with Crippen molar-refractivity contribution >= 4 is 29.3 Å². The zero-order valence-corrected chi connectivity index (χ0v) is 13.4. The number of halogens is 2. The Morgan fingerprint density at radius 2 is 2.05 bits per heavy atom. The minimum absolute atomic E-state index is 0.265. The van der Waals surface area contributed by atoms with Gasteiger partial charge in [-0.15, -0.1) is 0 Å². The number of amides is 1. The molecule has 0 aromatic heterocycles. The van der Waals surface area contributed by atoms with Gasteiger partial charge in [-0.2, -0.15) is 0 Å². The maximum atomic E-state index is 11.5. The van der Waals surface area contributed by atoms with Crippen molar-refractivity contribution in [2.24, 2.45) is 5.73 Å². The molecule has 1 amide bonds. The average molecular weight is 319 g/mol. The van der Waals surface area contributed by atoms with Crippen LogP contribution < -0.4 is 11.1 Å². The smallest absolute Gasteiger partial charge is 0.407 e. The van der Waals surface area contributed by atoms with Gasteiger partial charge in [0.05, 0.1) is 10.0 Å². The Morgan fingerprint density at radius 3 is 2.65 bits per heavy atom. The molecule has 1 rings (SSSR count). The van der Waals surface area contributed by atoms with Crippen LogP contribution in [-0.4, -0.2) is 24.3 Å². The monoisotopic (exact) mass is 318 g/mol. The van der Waals surface area contributed by atoms with Crippen molar-refractivity contribution < 1.29 is 9.53 Å². The molecule has 0 aliphatic heterocycles. The van der Waals surface area contributed by atoms with Gasteiger partial charge in [0.1, 0.15) is 5.60 Å². The Balaban J connectivity index is 2.46. The number of hydrogen-bond donors (Lipinski definition) is 2. The number of alkyl carbamates (subject to hydrolysis) is 1. The fourth-order valence-corrected chi connectivity index (χ4v) is 1.99. The van der Waals surface area contributed by atoms with Crippen LogP contribution in [0, 0.1) is 0 Å². The van der Waals surface area contributed by atoms with E-state index >= 15 is 0 Å². The van der Waals surface area contributed by atoms with E-state index in [2.05, 4.69) is 5.32 Å². The summed E-state index contributed by atoms with van der Waals surface area (Å²) in [6.45, 7) is 5.71. The number of carbonyl (C=O) groups excluding carboxylic acids is 1. The van der Waals surface area contributed by atoms with E-state index in [1.807, 2.05) is 12.1 Å². The van der Waals surface area contributed by atoms with Gasteiger partial charge in [0.2, 0.25) is 0 Å². The number of benzene rings is 1. The van der Waals surface area contributed by atoms with Crippen LogP contribution in [0.3, 0.4) is 0 Å². The average Bonchev–Trinajstić information content (AvgIpc) is 2.30. The van der Waals surface area contributed by atoms with Gasteiger partial charge in [-0.3, -0.25) is 0 Å². The van der Waals surface area contributed by atoms with Crippen LogP contribution in [0.1, 0.15) is 26.3 Å². The van der Waals surface area contributed by atoms with Crippen molar-refractivity contribution in [2.45, 2.75) is 38.8 Å². The van der Waals surface area contributed by atoms with E-state index in [0.29, 0.717) is 23.0 Å². The summed E-state index contributed by atoms with van der Waals surface area (Å²) >= 11 is 12.0. The highest BCUT2D eigenvalue weighted by molar-refractivity contribution is 6.42. The summed E-state index contributed by atoms with van der Waals surface area (Å²) < 4.78 is 5.13. The van der Waals surface area contributed by atoms with E-state index in [0.717, 1.165) is 5.56 Å². The Hall–Kier alpha value is -0.970. The summed E-state index contributed by atoms with van der Waals surface area (Å²) in [7, 11) is 0. The maximum Gasteiger partial charge on any atom is 0.407 e. The molecular weight excluding hydrogens is 299 g/mol. The Kier molecular flexibility index (Phi) is 6.11. The largest absolute Gasteiger partial charge is 0.444 e. The lowest BCUT2D eigenvalue weighted by Gasteiger charge is -2.21. The minimum Gasteiger partial charge on any atom is -0.444 e. The van der Waals surface area contributed by atoms with Crippen LogP contribution in [0.2, 0.25) is 10.0 Å². The van der Waals surface area contributed by atoms with Crippen molar-refractivity contribution in [2.75, 3.05) is 6.54 Å². The molecule has 0 heterocycles. The quantitative estimate of drug-likeness (QED) is 0.894. The van der Waals surface area contributed by atoms with Crippen LogP contribution in [0.25, 0.3) is 0 Å². The third-order valence-corrected chi connectivity index (χ3v) is 3.28. The molecule has 3 N–H and O–H groups in total. The fraction of sp³-hybridized carbons (Fsp3) is 0.500. The topological polar surface area (TPSA) is 64.3 Å². The van der Waals surface area contributed by atoms with Gasteiger partial charge in [0.25, 0.3) is 0 Å². The maximum absolute atomic E-state index is 11.5. The summed E-state index contributed by atoms with van der Waals surface area (Å²) in [4.78, 5) is 11.5. The van der Waals surface area contributed by atoms with Gasteiger partial charge < -0.3 is 15.8 Å². The third kappa shape index (κ3) is 5.99. The lowest BCUT2D eigenvalue weighted by molar-refractivity contribution is 0.0524. The standard InChI is InChI=1S/C14H20Cl2N2O2/c1-14(2,3)20-13(19)18-8-10(17)7-9-5-4-6-11(15)12(9)16/h4-6,10H,7-8,17H2,1-3H3,(H,18,19). The second kappa shape index (κ2) is 7.16. The third-order valence-electron chi connectivity index (χ3n) is 2.42. The fourth-order valence-electron chi connectivity index (χ4n) is 1.59. The molecular formula is C14H20Cl2N2O2. The zero-order valence-electron chi connectivity index (χ0n) is 11.9. The van der Waals surface area contributed by atoms with Crippen molar-refractivity contribution in [3.8, 4) is 0 Å². The van der Waals surface area contributed by atoms with E-state index in [-0.39, 0.29) is 6.04 Å². The number of carbonyl (C=O) groups is 1. The summed E-state index contributed by atoms with van der Waals surface area (Å²) in [5, 5.41) is 3.63. The van der Waals surface area contributed by atoms with E-state index in [1.165, 1.54) is 0 Å². The molecule has 0 radical (unpaired) electrons. The van der Waals surface area contributed by atoms with Crippen LogP contribution in [-0.2, 0) is 11.2 Å². The van der Waals surface area contributed by atoms with Gasteiger partial charge in [0, 0.05) is 12.6 Å². The van der Waals surface area contributed by atoms with E-state index < -0.39 is 11.7 Å². The van der Waals surface area contributed by atoms with Crippen molar-refractivity contribution in [3.05, 3.63) is 33.8 Å². The summed E-state index contributed by atoms with van der Waals surface area (Å²) in [5.41, 5.74) is 6.30. The minimum atomic E-state index is -0.523. The Labute approximate surface area is 129 Å². The summed E-state index contributed by atoms with van der Waals surface area (Å²) in [5.74, 6) is 0. The van der Waals surface area contributed by atoms with Crippen LogP contribution in [0.5, 0.6) is 0 Å². The van der Waals surface area contributed by atoms with Crippen LogP contribution >= 0.6 is 23.2 Å². The van der Waals surface area contributed by atoms with Crippen molar-refractivity contribution in [3.63, 3.8) is 0 Å². The lowest BCUT2D eigenvalue weighted by atomic mass is 10.1. The van der Waals surface area contributed by atoms with E-state index in [1.54, 1.807) is 26.8 Å². The molecule has 6 heteroatoms. The molecule has 4 nitrogen and oxygen atoms in total. The normalized spacial score (nSPS) is 12.9. The summed E-state index contributed by atoms with van der Waals surface area (Å²) in [6.07, 6.45) is 0.0417. The highest BCUT2D eigenvalue weighted by Crippen LogP contribution is 2.26. The molecule has 0 saturated carbocycles. The predicted octanol–water partition coefficient (Wildman–Crippen LogP) is 3.39. The second-order valence-corrected chi connectivity index (χ2v) is 6.35. The number of hydrogen-bond acceptors (Lipinski definition) is 3. The molecule has 1 aromatic carbocycles. The molecule has 1 atom stereocenters. The first-order valence-corrected chi connectivity index (χ1v) is 7.10. The van der Waals surface area contributed by atoms with E-state index in [9.17, 15) is 4.79 Å². The summed E-state index contributed by atoms with van der Waals surface area (Å²) in [6, 6.07) is 5.13. The molecule has 1 unspecified atom stereocenters. The van der Waals surface area contributed by atoms with Gasteiger partial charge >= 0.3 is 6.09 Å². The molecule has 0 fully saturated rings. The molecule has 0 bridgehead atoms. The number of nitrogens with two attached hydrogens (primary N) is 1. The number of ether oxygens (including phenoxy) is 1. The Bertz CT molecular complexity index is 473. The molecule has 0 aliphatic carbocycles. The zero-order chi connectivity index (χ0) is 15.3. The van der Waals surface area contributed by atoms with Gasteiger partial charge in [-0.1, -0.05) is 35.3 Å². The van der Waals surface area contributed by atoms with Gasteiger partial charge in [-0.25, -0.2) is 4.79 Å². The second-order valence-electron chi connectivity index (χ2n) is 5.56. The molecule has 0 spiro atoms. The lowest BCUT2D eigenvalue weighted by Crippen LogP contribution is -2.41. The number of rotatable bonds is 4. The highest BCUT2D eigenvalue weighted by Gasteiger charge is 2.17. The van der Waals surface area contributed by atoms with Crippen LogP contribution in [0.4, 0.5) is 4.79 Å². The molecule has 20 heavy (non-hydrogen) atoms. The molecule has 0 aliphatic rings. The first kappa shape index (κ1) is 17.1. The van der Waals surface area contributed by atoms with Crippen molar-refractivity contribution in [1.29, 1.82) is 0 Å². The van der Waals surface area contributed by atoms with Crippen LogP contribution in [0.15, 0.2) is 18.2 Å². The highest BCUT2D eigenvalue weighted by atomic mass is 35.5. The Morgan fingerprint density at radius 1 is 1.40 bits per heavy atom. The molecule has 0 saturated heterocycles. The van der Waals surface area contributed by atoms with Gasteiger partial charge in [0.15, 0.2) is 0 Å². The first-order valence-electron chi connectivity index (χ1n) is 6.34. The van der Waals surface area contributed by atoms with Crippen molar-refractivity contribution in [1.82, 2.24) is 5.32 Å². The van der Waals surface area contributed by atoms with Gasteiger partial charge in [-0.05, 0) is 38.8 Å². The molecule has 112 valence electrons. The first-order chi connectivity index (χ1) is 9.19.